The van der Waals surface area contributed by atoms with Crippen LogP contribution < -0.4 is 0 Å². The van der Waals surface area contributed by atoms with Crippen LogP contribution in [0.1, 0.15) is 52.1 Å². The number of rotatable bonds is 7. The number of hydrogen-bond acceptors (Lipinski definition) is 6. The molecule has 5 aromatic rings. The molecule has 1 fully saturated rings. The first kappa shape index (κ1) is 27.1. The minimum Gasteiger partial charge on any atom is -0.478 e. The van der Waals surface area contributed by atoms with Crippen molar-refractivity contribution in [3.05, 3.63) is 119 Å². The molecule has 2 atom stereocenters. The lowest BCUT2D eigenvalue weighted by molar-refractivity contribution is -0.130. The van der Waals surface area contributed by atoms with Crippen molar-refractivity contribution in [2.75, 3.05) is 6.54 Å². The lowest BCUT2D eigenvalue weighted by atomic mass is 9.83. The van der Waals surface area contributed by atoms with Crippen molar-refractivity contribution in [2.24, 2.45) is 0 Å². The van der Waals surface area contributed by atoms with Gasteiger partial charge < -0.3 is 15.0 Å². The Labute approximate surface area is 246 Å². The van der Waals surface area contributed by atoms with E-state index in [1.54, 1.807) is 54.7 Å². The van der Waals surface area contributed by atoms with E-state index in [9.17, 15) is 14.7 Å². The zero-order valence-electron chi connectivity index (χ0n) is 22.3. The average Bonchev–Trinajstić information content (AvgIpc) is 3.73. The molecule has 0 bridgehead atoms. The summed E-state index contributed by atoms with van der Waals surface area (Å²) in [4.78, 5) is 35.4. The molecule has 0 saturated carbocycles. The van der Waals surface area contributed by atoms with Gasteiger partial charge in [0, 0.05) is 40.9 Å². The van der Waals surface area contributed by atoms with Crippen LogP contribution in [-0.2, 0) is 4.79 Å². The molecule has 10 nitrogen and oxygen atoms in total. The molecule has 2 aromatic heterocycles. The molecule has 6 rings (SSSR count). The molecule has 2 unspecified atom stereocenters. The lowest BCUT2D eigenvalue weighted by Gasteiger charge is -2.40. The molecule has 2 N–H and O–H groups in total. The molecule has 0 spiro atoms. The van der Waals surface area contributed by atoms with E-state index in [0.717, 1.165) is 18.4 Å². The number of imidazole rings is 1. The van der Waals surface area contributed by atoms with E-state index in [-0.39, 0.29) is 23.4 Å². The molecule has 1 aliphatic heterocycles. The third-order valence-electron chi connectivity index (χ3n) is 7.42. The Morgan fingerprint density at radius 1 is 1.05 bits per heavy atom. The molecular formula is C31H26ClN7O3. The van der Waals surface area contributed by atoms with E-state index >= 15 is 0 Å². The van der Waals surface area contributed by atoms with Crippen molar-refractivity contribution in [3.63, 3.8) is 0 Å². The summed E-state index contributed by atoms with van der Waals surface area (Å²) in [5, 5.41) is 21.4. The molecule has 1 aliphatic rings. The quantitative estimate of drug-likeness (QED) is 0.241. The van der Waals surface area contributed by atoms with Gasteiger partial charge in [-0.05, 0) is 65.2 Å². The molecular weight excluding hydrogens is 554 g/mol. The van der Waals surface area contributed by atoms with Gasteiger partial charge in [-0.1, -0.05) is 54.1 Å². The molecule has 210 valence electrons. The highest BCUT2D eigenvalue weighted by molar-refractivity contribution is 6.30. The summed E-state index contributed by atoms with van der Waals surface area (Å²) in [6.45, 7) is 0.553. The van der Waals surface area contributed by atoms with E-state index < -0.39 is 5.97 Å². The third-order valence-corrected chi connectivity index (χ3v) is 7.65. The van der Waals surface area contributed by atoms with Crippen molar-refractivity contribution >= 4 is 29.6 Å². The number of aromatic nitrogens is 6. The predicted octanol–water partition coefficient (Wildman–Crippen LogP) is 5.56. The van der Waals surface area contributed by atoms with E-state index in [1.807, 2.05) is 29.2 Å². The molecule has 0 aliphatic carbocycles. The Balaban J connectivity index is 1.36. The Kier molecular flexibility index (Phi) is 7.61. The van der Waals surface area contributed by atoms with Crippen LogP contribution in [0.4, 0.5) is 0 Å². The number of amides is 1. The number of carbonyl (C=O) groups is 2. The number of carboxylic acids is 1. The molecule has 42 heavy (non-hydrogen) atoms. The third kappa shape index (κ3) is 5.57. The first-order chi connectivity index (χ1) is 20.5. The number of piperidine rings is 1. The van der Waals surface area contributed by atoms with Crippen LogP contribution in [-0.4, -0.2) is 58.6 Å². The maximum Gasteiger partial charge on any atom is 0.335 e. The van der Waals surface area contributed by atoms with Gasteiger partial charge in [-0.3, -0.25) is 4.79 Å². The number of carboxylic acid groups (broad SMARTS) is 1. The van der Waals surface area contributed by atoms with Gasteiger partial charge in [0.1, 0.15) is 12.2 Å². The largest absolute Gasteiger partial charge is 0.478 e. The normalized spacial score (nSPS) is 17.0. The predicted molar refractivity (Wildman–Crippen MR) is 157 cm³/mol. The van der Waals surface area contributed by atoms with E-state index in [1.165, 1.54) is 11.0 Å². The number of carbonyl (C=O) groups excluding carboxylic acids is 1. The van der Waals surface area contributed by atoms with Crippen molar-refractivity contribution in [1.82, 2.24) is 35.1 Å². The van der Waals surface area contributed by atoms with Crippen LogP contribution >= 0.6 is 11.6 Å². The summed E-state index contributed by atoms with van der Waals surface area (Å²) in [6.07, 6.45) is 8.21. The van der Waals surface area contributed by atoms with Crippen LogP contribution in [0.2, 0.25) is 5.02 Å². The number of likely N-dealkylation sites (tertiary alicyclic amines) is 1. The molecule has 1 saturated heterocycles. The molecule has 3 aromatic carbocycles. The molecule has 0 radical (unpaired) electrons. The van der Waals surface area contributed by atoms with Crippen molar-refractivity contribution in [1.29, 1.82) is 0 Å². The second-order valence-electron chi connectivity index (χ2n) is 9.98. The number of nitrogens with zero attached hydrogens (tertiary/aromatic N) is 6. The maximum absolute atomic E-state index is 13.9. The Morgan fingerprint density at radius 2 is 1.90 bits per heavy atom. The average molecular weight is 580 g/mol. The Bertz CT molecular complexity index is 1750. The van der Waals surface area contributed by atoms with Crippen LogP contribution in [0.5, 0.6) is 0 Å². The summed E-state index contributed by atoms with van der Waals surface area (Å²) in [5.74, 6) is -0.535. The zero-order chi connectivity index (χ0) is 29.1. The van der Waals surface area contributed by atoms with Crippen LogP contribution in [0.3, 0.4) is 0 Å². The highest BCUT2D eigenvalue weighted by Gasteiger charge is 2.37. The minimum absolute atomic E-state index is 0.00427. The number of nitrogens with one attached hydrogen (secondary N) is 1. The minimum atomic E-state index is -1.00. The van der Waals surface area contributed by atoms with Gasteiger partial charge in [-0.2, -0.15) is 4.68 Å². The van der Waals surface area contributed by atoms with Crippen LogP contribution in [0.15, 0.2) is 91.4 Å². The second kappa shape index (κ2) is 11.8. The topological polar surface area (TPSA) is 130 Å². The molecule has 11 heteroatoms. The fraction of sp³-hybridized carbons (Fsp3) is 0.161. The van der Waals surface area contributed by atoms with E-state index in [0.29, 0.717) is 39.9 Å². The maximum atomic E-state index is 13.9. The number of H-pyrrole nitrogens is 1. The second-order valence-corrected chi connectivity index (χ2v) is 10.4. The first-order valence-corrected chi connectivity index (χ1v) is 13.8. The number of benzene rings is 3. The molecule has 1 amide bonds. The first-order valence-electron chi connectivity index (χ1n) is 13.4. The van der Waals surface area contributed by atoms with Crippen molar-refractivity contribution in [2.45, 2.75) is 24.8 Å². The van der Waals surface area contributed by atoms with Gasteiger partial charge >= 0.3 is 5.97 Å². The SMILES string of the molecule is O=C(O)c1cccc(-c2c[nH]c(C3C(c4ccccc4)CCCN3C(=O)C=Cc3cc(Cl)ccc3-n3cnnn3)n2)c1. The number of aromatic amines is 1. The number of aromatic carboxylic acids is 1. The van der Waals surface area contributed by atoms with Gasteiger partial charge in [-0.25, -0.2) is 9.78 Å². The summed E-state index contributed by atoms with van der Waals surface area (Å²) in [6, 6.07) is 21.7. The summed E-state index contributed by atoms with van der Waals surface area (Å²) >= 11 is 6.28. The number of halogens is 1. The highest BCUT2D eigenvalue weighted by Crippen LogP contribution is 2.42. The Morgan fingerprint density at radius 3 is 2.69 bits per heavy atom. The summed E-state index contributed by atoms with van der Waals surface area (Å²) in [5.41, 5.74) is 3.96. The standard InChI is InChI=1S/C31H26ClN7O3/c32-24-12-13-27(39-19-34-36-37-39)22(17-24)11-14-28(40)38-15-5-10-25(20-6-2-1-3-7-20)29(38)30-33-18-26(35-30)21-8-4-9-23(16-21)31(41)42/h1-4,6-9,11-14,16-19,25,29H,5,10,15H2,(H,33,35)(H,41,42). The Hall–Kier alpha value is -5.09. The van der Waals surface area contributed by atoms with Crippen LogP contribution in [0.25, 0.3) is 23.0 Å². The van der Waals surface area contributed by atoms with Gasteiger partial charge in [0.2, 0.25) is 5.91 Å². The molecule has 3 heterocycles. The number of hydrogen-bond donors (Lipinski definition) is 2. The van der Waals surface area contributed by atoms with Gasteiger partial charge in [-0.15, -0.1) is 5.10 Å². The van der Waals surface area contributed by atoms with Gasteiger partial charge in [0.15, 0.2) is 0 Å². The monoisotopic (exact) mass is 579 g/mol. The van der Waals surface area contributed by atoms with Gasteiger partial charge in [0.05, 0.1) is 23.0 Å². The zero-order valence-corrected chi connectivity index (χ0v) is 23.1. The summed E-state index contributed by atoms with van der Waals surface area (Å²) < 4.78 is 1.51. The van der Waals surface area contributed by atoms with Crippen LogP contribution in [0, 0.1) is 0 Å². The number of tetrazole rings is 1. The van der Waals surface area contributed by atoms with Crippen molar-refractivity contribution in [3.8, 4) is 16.9 Å². The fourth-order valence-electron chi connectivity index (χ4n) is 5.47. The van der Waals surface area contributed by atoms with Crippen molar-refractivity contribution < 1.29 is 14.7 Å². The lowest BCUT2D eigenvalue weighted by Crippen LogP contribution is -2.41. The van der Waals surface area contributed by atoms with E-state index in [4.69, 9.17) is 16.6 Å². The summed E-state index contributed by atoms with van der Waals surface area (Å²) in [7, 11) is 0. The highest BCUT2D eigenvalue weighted by atomic mass is 35.5. The van der Waals surface area contributed by atoms with E-state index in [2.05, 4.69) is 32.6 Å². The van der Waals surface area contributed by atoms with Gasteiger partial charge in [0.25, 0.3) is 0 Å². The smallest absolute Gasteiger partial charge is 0.335 e. The fourth-order valence-corrected chi connectivity index (χ4v) is 5.65.